The molecule has 2 fully saturated rings. The van der Waals surface area contributed by atoms with Crippen molar-refractivity contribution < 1.29 is 13.2 Å². The van der Waals surface area contributed by atoms with Crippen molar-refractivity contribution >= 4 is 21.8 Å². The second-order valence-electron chi connectivity index (χ2n) is 7.75. The van der Waals surface area contributed by atoms with Gasteiger partial charge < -0.3 is 4.74 Å². The second kappa shape index (κ2) is 8.82. The zero-order valence-corrected chi connectivity index (χ0v) is 17.6. The molecule has 1 aromatic carbocycles. The molecule has 4 rings (SSSR count). The molecule has 1 aromatic rings. The van der Waals surface area contributed by atoms with Crippen LogP contribution in [-0.4, -0.2) is 74.6 Å². The molecule has 7 heteroatoms. The van der Waals surface area contributed by atoms with E-state index in [-0.39, 0.29) is 6.04 Å². The van der Waals surface area contributed by atoms with Crippen LogP contribution in [0.15, 0.2) is 23.1 Å². The van der Waals surface area contributed by atoms with Gasteiger partial charge in [0.15, 0.2) is 0 Å². The Morgan fingerprint density at radius 2 is 1.81 bits per heavy atom. The number of thioether (sulfide) groups is 1. The summed E-state index contributed by atoms with van der Waals surface area (Å²) in [7, 11) is -3.46. The van der Waals surface area contributed by atoms with Gasteiger partial charge in [0, 0.05) is 38.0 Å². The van der Waals surface area contributed by atoms with Crippen molar-refractivity contribution in [3.63, 3.8) is 0 Å². The highest BCUT2D eigenvalue weighted by atomic mass is 32.2. The molecule has 2 saturated heterocycles. The number of rotatable bonds is 4. The molecule has 150 valence electrons. The van der Waals surface area contributed by atoms with Gasteiger partial charge in [0.05, 0.1) is 18.1 Å². The summed E-state index contributed by atoms with van der Waals surface area (Å²) in [5.41, 5.74) is 2.56. The zero-order chi connectivity index (χ0) is 18.7. The van der Waals surface area contributed by atoms with Gasteiger partial charge in [0.2, 0.25) is 10.0 Å². The largest absolute Gasteiger partial charge is 0.379 e. The Balaban J connectivity index is 1.58. The molecule has 27 heavy (non-hydrogen) atoms. The van der Waals surface area contributed by atoms with Crippen LogP contribution in [0.1, 0.15) is 30.4 Å². The number of aryl methyl sites for hydroxylation is 2. The molecule has 2 aliphatic heterocycles. The molecule has 3 aliphatic rings. The van der Waals surface area contributed by atoms with Crippen LogP contribution in [0, 0.1) is 0 Å². The number of fused-ring (bicyclic) bond motifs is 1. The minimum atomic E-state index is -3.46. The Hall–Kier alpha value is -0.600. The second-order valence-corrected chi connectivity index (χ2v) is 10.8. The fourth-order valence-electron chi connectivity index (χ4n) is 4.36. The lowest BCUT2D eigenvalue weighted by atomic mass is 9.92. The third-order valence-corrected chi connectivity index (χ3v) is 9.03. The molecule has 1 aliphatic carbocycles. The maximum Gasteiger partial charge on any atom is 0.243 e. The lowest BCUT2D eigenvalue weighted by Gasteiger charge is -2.35. The van der Waals surface area contributed by atoms with Crippen molar-refractivity contribution in [3.8, 4) is 0 Å². The third-order valence-electron chi connectivity index (χ3n) is 5.88. The van der Waals surface area contributed by atoms with E-state index in [4.69, 9.17) is 4.74 Å². The first-order valence-electron chi connectivity index (χ1n) is 10.2. The minimum absolute atomic E-state index is 0.0385. The summed E-state index contributed by atoms with van der Waals surface area (Å²) in [5.74, 6) is 1.91. The summed E-state index contributed by atoms with van der Waals surface area (Å²) in [5, 5.41) is 0. The van der Waals surface area contributed by atoms with E-state index in [1.807, 2.05) is 30.0 Å². The van der Waals surface area contributed by atoms with Crippen molar-refractivity contribution in [1.29, 1.82) is 0 Å². The van der Waals surface area contributed by atoms with Crippen LogP contribution < -0.4 is 0 Å². The molecule has 0 bridgehead atoms. The molecule has 0 aromatic heterocycles. The van der Waals surface area contributed by atoms with E-state index in [1.165, 1.54) is 17.5 Å². The zero-order valence-electron chi connectivity index (χ0n) is 15.9. The number of hydrogen-bond donors (Lipinski definition) is 0. The predicted octanol–water partition coefficient (Wildman–Crippen LogP) is 2.39. The van der Waals surface area contributed by atoms with Crippen molar-refractivity contribution in [1.82, 2.24) is 9.21 Å². The van der Waals surface area contributed by atoms with Gasteiger partial charge in [-0.25, -0.2) is 8.42 Å². The van der Waals surface area contributed by atoms with Crippen LogP contribution in [0.4, 0.5) is 0 Å². The summed E-state index contributed by atoms with van der Waals surface area (Å²) >= 11 is 1.89. The number of ether oxygens (including phenoxy) is 1. The number of morpholine rings is 1. The van der Waals surface area contributed by atoms with Crippen LogP contribution in [0.3, 0.4) is 0 Å². The Morgan fingerprint density at radius 3 is 2.63 bits per heavy atom. The van der Waals surface area contributed by atoms with E-state index < -0.39 is 10.0 Å². The van der Waals surface area contributed by atoms with Gasteiger partial charge >= 0.3 is 0 Å². The topological polar surface area (TPSA) is 49.9 Å². The smallest absolute Gasteiger partial charge is 0.243 e. The predicted molar refractivity (Wildman–Crippen MR) is 110 cm³/mol. The monoisotopic (exact) mass is 410 g/mol. The molecule has 0 N–H and O–H groups in total. The number of sulfonamides is 1. The van der Waals surface area contributed by atoms with E-state index in [0.717, 1.165) is 70.0 Å². The van der Waals surface area contributed by atoms with E-state index in [0.29, 0.717) is 11.4 Å². The first kappa shape index (κ1) is 19.7. The molecule has 5 nitrogen and oxygen atoms in total. The van der Waals surface area contributed by atoms with E-state index in [1.54, 1.807) is 4.31 Å². The van der Waals surface area contributed by atoms with E-state index in [9.17, 15) is 8.42 Å². The average Bonchev–Trinajstić information content (AvgIpc) is 2.94. The molecule has 0 spiro atoms. The van der Waals surface area contributed by atoms with Crippen molar-refractivity contribution in [3.05, 3.63) is 29.3 Å². The van der Waals surface area contributed by atoms with Gasteiger partial charge in [0.1, 0.15) is 0 Å². The number of hydrogen-bond acceptors (Lipinski definition) is 5. The van der Waals surface area contributed by atoms with Crippen molar-refractivity contribution in [2.75, 3.05) is 50.9 Å². The Kier molecular flexibility index (Phi) is 6.44. The van der Waals surface area contributed by atoms with Gasteiger partial charge in [-0.15, -0.1) is 0 Å². The number of nitrogens with zero attached hydrogens (tertiary/aromatic N) is 2. The van der Waals surface area contributed by atoms with Crippen LogP contribution >= 0.6 is 11.8 Å². The molecule has 1 unspecified atom stereocenters. The van der Waals surface area contributed by atoms with Crippen LogP contribution in [-0.2, 0) is 27.6 Å². The Bertz CT molecular complexity index is 748. The Morgan fingerprint density at radius 1 is 1.04 bits per heavy atom. The van der Waals surface area contributed by atoms with Gasteiger partial charge in [-0.3, -0.25) is 4.90 Å². The molecule has 0 amide bonds. The molecular formula is C20H30N2O3S2. The van der Waals surface area contributed by atoms with Crippen molar-refractivity contribution in [2.45, 2.75) is 43.0 Å². The van der Waals surface area contributed by atoms with Gasteiger partial charge in [-0.05, 0) is 61.1 Å². The summed E-state index contributed by atoms with van der Waals surface area (Å²) in [4.78, 5) is 2.84. The highest BCUT2D eigenvalue weighted by Crippen LogP contribution is 2.29. The fourth-order valence-corrected chi connectivity index (χ4v) is 7.21. The SMILES string of the molecule is O=S(=O)(c1ccc2c(c1)CCCC2)N1CCCSCC1CN1CCOCC1. The van der Waals surface area contributed by atoms with Gasteiger partial charge in [-0.2, -0.15) is 16.1 Å². The maximum atomic E-state index is 13.6. The molecule has 2 heterocycles. The highest BCUT2D eigenvalue weighted by molar-refractivity contribution is 7.99. The first-order chi connectivity index (χ1) is 13.1. The summed E-state index contributed by atoms with van der Waals surface area (Å²) in [6.07, 6.45) is 5.39. The lowest BCUT2D eigenvalue weighted by Crippen LogP contribution is -2.50. The van der Waals surface area contributed by atoms with Crippen LogP contribution in [0.2, 0.25) is 0 Å². The quantitative estimate of drug-likeness (QED) is 0.763. The van der Waals surface area contributed by atoms with E-state index >= 15 is 0 Å². The normalized spacial score (nSPS) is 25.7. The maximum absolute atomic E-state index is 13.6. The van der Waals surface area contributed by atoms with Crippen LogP contribution in [0.25, 0.3) is 0 Å². The third kappa shape index (κ3) is 4.53. The van der Waals surface area contributed by atoms with Gasteiger partial charge in [0.25, 0.3) is 0 Å². The standard InChI is InChI=1S/C20H30N2O3S2/c23-27(24,20-7-6-17-4-1-2-5-18(17)14-20)22-8-3-13-26-16-19(22)15-21-9-11-25-12-10-21/h6-7,14,19H,1-5,8-13,15-16H2. The van der Waals surface area contributed by atoms with Gasteiger partial charge in [-0.1, -0.05) is 6.07 Å². The summed E-state index contributed by atoms with van der Waals surface area (Å²) in [6.45, 7) is 4.72. The number of benzene rings is 1. The first-order valence-corrected chi connectivity index (χ1v) is 12.8. The summed E-state index contributed by atoms with van der Waals surface area (Å²) in [6, 6.07) is 5.87. The van der Waals surface area contributed by atoms with E-state index in [2.05, 4.69) is 4.90 Å². The fraction of sp³-hybridized carbons (Fsp3) is 0.700. The van der Waals surface area contributed by atoms with Crippen LogP contribution in [0.5, 0.6) is 0 Å². The summed E-state index contributed by atoms with van der Waals surface area (Å²) < 4.78 is 34.4. The lowest BCUT2D eigenvalue weighted by molar-refractivity contribution is 0.0309. The van der Waals surface area contributed by atoms with Crippen molar-refractivity contribution in [2.24, 2.45) is 0 Å². The average molecular weight is 411 g/mol. The highest BCUT2D eigenvalue weighted by Gasteiger charge is 2.34. The minimum Gasteiger partial charge on any atom is -0.379 e. The molecular weight excluding hydrogens is 380 g/mol. The molecule has 1 atom stereocenters. The Labute approximate surface area is 167 Å². The molecule has 0 radical (unpaired) electrons. The molecule has 0 saturated carbocycles.